The third kappa shape index (κ3) is 3.93. The van der Waals surface area contributed by atoms with Gasteiger partial charge >= 0.3 is 0 Å². The molecule has 0 fully saturated rings. The van der Waals surface area contributed by atoms with Crippen molar-refractivity contribution in [2.45, 2.75) is 60.3 Å². The van der Waals surface area contributed by atoms with Gasteiger partial charge in [-0.3, -0.25) is 0 Å². The number of hydrogen-bond acceptors (Lipinski definition) is 0. The van der Waals surface area contributed by atoms with Crippen molar-refractivity contribution in [3.8, 4) is 11.3 Å². The number of rotatable bonds is 3. The Morgan fingerprint density at radius 3 is 2.37 bits per heavy atom. The van der Waals surface area contributed by atoms with E-state index in [2.05, 4.69) is 96.5 Å². The van der Waals surface area contributed by atoms with Gasteiger partial charge in [-0.2, -0.15) is 4.57 Å². The van der Waals surface area contributed by atoms with E-state index in [0.29, 0.717) is 12.0 Å². The number of aromatic nitrogens is 1. The Hall–Kier alpha value is -2.15. The summed E-state index contributed by atoms with van der Waals surface area (Å²) in [6.45, 7) is 15.5. The lowest BCUT2D eigenvalue weighted by atomic mass is 9.84. The molecule has 1 nitrogen and oxygen atoms in total. The van der Waals surface area contributed by atoms with Crippen LogP contribution in [0.1, 0.15) is 58.4 Å². The van der Waals surface area contributed by atoms with E-state index in [1.807, 2.05) is 0 Å². The van der Waals surface area contributed by atoms with E-state index in [4.69, 9.17) is 1.37 Å². The van der Waals surface area contributed by atoms with Crippen LogP contribution in [0.4, 0.5) is 0 Å². The quantitative estimate of drug-likeness (QED) is 0.472. The predicted molar refractivity (Wildman–Crippen MR) is 117 cm³/mol. The molecule has 27 heavy (non-hydrogen) atoms. The maximum absolute atomic E-state index is 8.74. The molecule has 3 aromatic rings. The molecule has 0 aliphatic carbocycles. The third-order valence-electron chi connectivity index (χ3n) is 5.50. The van der Waals surface area contributed by atoms with E-state index in [-0.39, 0.29) is 5.41 Å². The fourth-order valence-electron chi connectivity index (χ4n) is 3.80. The van der Waals surface area contributed by atoms with Gasteiger partial charge < -0.3 is 0 Å². The minimum absolute atomic E-state index is 0.103. The standard InChI is InChI=1S/C26H34N/c1-17(2)13-20-10-12-23-21(15-20)14-19(4)27(8)25(23)24-16-22(26(5,6)7)11-9-18(24)3/h9-12,14-17H,13H2,1-8H3/q+1/i14D. The highest BCUT2D eigenvalue weighted by Gasteiger charge is 2.22. The van der Waals surface area contributed by atoms with Gasteiger partial charge in [0.2, 0.25) is 5.69 Å². The molecule has 3 rings (SSSR count). The van der Waals surface area contributed by atoms with Crippen molar-refractivity contribution in [1.29, 1.82) is 0 Å². The number of fused-ring (bicyclic) bond motifs is 1. The van der Waals surface area contributed by atoms with Crippen LogP contribution >= 0.6 is 0 Å². The van der Waals surface area contributed by atoms with Gasteiger partial charge in [0.1, 0.15) is 7.05 Å². The molecule has 0 saturated carbocycles. The van der Waals surface area contributed by atoms with Crippen LogP contribution in [0.2, 0.25) is 0 Å². The molecule has 0 aliphatic heterocycles. The van der Waals surface area contributed by atoms with Crippen LogP contribution in [-0.2, 0) is 18.9 Å². The van der Waals surface area contributed by atoms with Crippen LogP contribution in [0.15, 0.2) is 42.4 Å². The first-order valence-electron chi connectivity index (χ1n) is 10.5. The van der Waals surface area contributed by atoms with Gasteiger partial charge in [-0.05, 0) is 58.9 Å². The summed E-state index contributed by atoms with van der Waals surface area (Å²) in [7, 11) is 2.09. The molecule has 0 spiro atoms. The second-order valence-electron chi connectivity index (χ2n) is 9.38. The van der Waals surface area contributed by atoms with Crippen molar-refractivity contribution in [3.63, 3.8) is 0 Å². The Morgan fingerprint density at radius 1 is 1.04 bits per heavy atom. The summed E-state index contributed by atoms with van der Waals surface area (Å²) < 4.78 is 10.9. The predicted octanol–water partition coefficient (Wildman–Crippen LogP) is 6.44. The summed E-state index contributed by atoms with van der Waals surface area (Å²) in [5.41, 5.74) is 7.51. The fourth-order valence-corrected chi connectivity index (χ4v) is 3.80. The number of pyridine rings is 1. The zero-order valence-electron chi connectivity index (χ0n) is 19.2. The first-order chi connectivity index (χ1) is 13.0. The first-order valence-corrected chi connectivity index (χ1v) is 10.0. The molecule has 0 saturated heterocycles. The molecule has 2 aromatic carbocycles. The fraction of sp³-hybridized carbons (Fsp3) is 0.423. The Balaban J connectivity index is 2.36. The number of aryl methyl sites for hydroxylation is 1. The first kappa shape index (κ1) is 18.2. The summed E-state index contributed by atoms with van der Waals surface area (Å²) in [5, 5.41) is 2.23. The smallest absolute Gasteiger partial charge is 0.198 e. The van der Waals surface area contributed by atoms with Crippen LogP contribution in [0, 0.1) is 19.8 Å². The summed E-state index contributed by atoms with van der Waals surface area (Å²) >= 11 is 0. The topological polar surface area (TPSA) is 3.88 Å². The zero-order valence-corrected chi connectivity index (χ0v) is 18.2. The Kier molecular flexibility index (Phi) is 4.80. The summed E-state index contributed by atoms with van der Waals surface area (Å²) in [4.78, 5) is 0. The van der Waals surface area contributed by atoms with Gasteiger partial charge in [0.15, 0.2) is 5.69 Å². The molecule has 0 N–H and O–H groups in total. The zero-order chi connectivity index (χ0) is 20.8. The molecule has 0 unspecified atom stereocenters. The van der Waals surface area contributed by atoms with Crippen molar-refractivity contribution in [1.82, 2.24) is 0 Å². The average Bonchev–Trinajstić information content (AvgIpc) is 2.60. The highest BCUT2D eigenvalue weighted by molar-refractivity contribution is 5.94. The molecule has 0 amide bonds. The van der Waals surface area contributed by atoms with E-state index >= 15 is 0 Å². The highest BCUT2D eigenvalue weighted by Crippen LogP contribution is 2.33. The largest absolute Gasteiger partial charge is 0.220 e. The second kappa shape index (κ2) is 7.11. The van der Waals surface area contributed by atoms with E-state index in [1.54, 1.807) is 0 Å². The van der Waals surface area contributed by atoms with Gasteiger partial charge in [-0.15, -0.1) is 0 Å². The molecule has 0 radical (unpaired) electrons. The van der Waals surface area contributed by atoms with Gasteiger partial charge in [-0.25, -0.2) is 0 Å². The minimum Gasteiger partial charge on any atom is -0.198 e. The molecular formula is C26H34N+. The van der Waals surface area contributed by atoms with Crippen LogP contribution in [0.5, 0.6) is 0 Å². The van der Waals surface area contributed by atoms with E-state index in [9.17, 15) is 0 Å². The average molecular weight is 362 g/mol. The van der Waals surface area contributed by atoms with Crippen LogP contribution in [0.3, 0.4) is 0 Å². The SMILES string of the molecule is [2H]c1c(C)[n+](C)c(-c2cc(C(C)(C)C)ccc2C)c2ccc(CC(C)C)cc12. The van der Waals surface area contributed by atoms with Crippen molar-refractivity contribution in [3.05, 3.63) is 64.8 Å². The Morgan fingerprint density at radius 2 is 1.74 bits per heavy atom. The monoisotopic (exact) mass is 361 g/mol. The van der Waals surface area contributed by atoms with E-state index in [1.165, 1.54) is 33.3 Å². The molecule has 142 valence electrons. The van der Waals surface area contributed by atoms with Crippen LogP contribution < -0.4 is 4.57 Å². The lowest BCUT2D eigenvalue weighted by Crippen LogP contribution is -2.35. The lowest BCUT2D eigenvalue weighted by Gasteiger charge is -2.21. The maximum atomic E-state index is 8.74. The van der Waals surface area contributed by atoms with Crippen molar-refractivity contribution in [2.75, 3.05) is 0 Å². The van der Waals surface area contributed by atoms with Crippen molar-refractivity contribution in [2.24, 2.45) is 13.0 Å². The molecule has 1 heteroatoms. The number of hydrogen-bond donors (Lipinski definition) is 0. The number of benzene rings is 2. The molecule has 1 aromatic heterocycles. The molecule has 0 atom stereocenters. The second-order valence-corrected chi connectivity index (χ2v) is 9.38. The molecule has 1 heterocycles. The minimum atomic E-state index is 0.103. The summed E-state index contributed by atoms with van der Waals surface area (Å²) in [6, 6.07) is 14.2. The molecule has 0 aliphatic rings. The van der Waals surface area contributed by atoms with Gasteiger partial charge in [-0.1, -0.05) is 58.9 Å². The molecule has 0 bridgehead atoms. The van der Waals surface area contributed by atoms with E-state index in [0.717, 1.165) is 17.5 Å². The summed E-state index contributed by atoms with van der Waals surface area (Å²) in [5.74, 6) is 0.609. The Bertz CT molecular complexity index is 1040. The van der Waals surface area contributed by atoms with E-state index < -0.39 is 0 Å². The van der Waals surface area contributed by atoms with Gasteiger partial charge in [0, 0.05) is 13.0 Å². The normalized spacial score (nSPS) is 12.7. The Labute approximate surface area is 166 Å². The van der Waals surface area contributed by atoms with Crippen LogP contribution in [-0.4, -0.2) is 0 Å². The van der Waals surface area contributed by atoms with Crippen molar-refractivity contribution >= 4 is 10.8 Å². The lowest BCUT2D eigenvalue weighted by molar-refractivity contribution is -0.665. The maximum Gasteiger partial charge on any atom is 0.220 e. The highest BCUT2D eigenvalue weighted by atomic mass is 14.9. The molecular weight excluding hydrogens is 326 g/mol. The van der Waals surface area contributed by atoms with Crippen molar-refractivity contribution < 1.29 is 5.94 Å². The third-order valence-corrected chi connectivity index (χ3v) is 5.50. The van der Waals surface area contributed by atoms with Gasteiger partial charge in [0.25, 0.3) is 0 Å². The summed E-state index contributed by atoms with van der Waals surface area (Å²) in [6.07, 6.45) is 1.04. The number of nitrogens with zero attached hydrogens (tertiary/aromatic N) is 1. The van der Waals surface area contributed by atoms with Gasteiger partial charge in [0.05, 0.1) is 12.3 Å². The van der Waals surface area contributed by atoms with Crippen LogP contribution in [0.25, 0.3) is 22.0 Å².